The molecule has 21 heavy (non-hydrogen) atoms. The fraction of sp³-hybridized carbons (Fsp3) is 0.333. The molecule has 6 nitrogen and oxygen atoms in total. The molecular weight excluding hydrogens is 272 g/mol. The Balaban J connectivity index is 1.71. The summed E-state index contributed by atoms with van der Waals surface area (Å²) in [5, 5.41) is 9.64. The van der Waals surface area contributed by atoms with Crippen molar-refractivity contribution in [3.63, 3.8) is 0 Å². The van der Waals surface area contributed by atoms with Crippen molar-refractivity contribution in [3.05, 3.63) is 35.5 Å². The van der Waals surface area contributed by atoms with E-state index in [1.54, 1.807) is 4.90 Å². The Kier molecular flexibility index (Phi) is 3.62. The summed E-state index contributed by atoms with van der Waals surface area (Å²) in [7, 11) is 0. The third-order valence-electron chi connectivity index (χ3n) is 3.69. The molecule has 1 amide bonds. The van der Waals surface area contributed by atoms with Crippen LogP contribution in [0.2, 0.25) is 0 Å². The number of hydrogen-bond acceptors (Lipinski definition) is 3. The van der Waals surface area contributed by atoms with Gasteiger partial charge in [-0.05, 0) is 6.07 Å². The quantitative estimate of drug-likeness (QED) is 0.884. The number of carboxylic acids is 1. The number of amides is 1. The number of aliphatic carboxylic acids is 1. The van der Waals surface area contributed by atoms with Crippen LogP contribution in [0.5, 0.6) is 0 Å². The lowest BCUT2D eigenvalue weighted by Gasteiger charge is -2.27. The van der Waals surface area contributed by atoms with Gasteiger partial charge in [-0.25, -0.2) is 4.79 Å². The number of aromatic amines is 1. The highest BCUT2D eigenvalue weighted by molar-refractivity contribution is 5.86. The minimum atomic E-state index is -1.07. The average Bonchev–Trinajstić information content (AvgIpc) is 2.84. The Morgan fingerprint density at radius 2 is 2.10 bits per heavy atom. The second kappa shape index (κ2) is 5.57. The van der Waals surface area contributed by atoms with Gasteiger partial charge in [0.2, 0.25) is 5.91 Å². The Morgan fingerprint density at radius 3 is 2.90 bits per heavy atom. The molecule has 0 unspecified atom stereocenters. The topological polar surface area (TPSA) is 82.6 Å². The summed E-state index contributed by atoms with van der Waals surface area (Å²) >= 11 is 0. The van der Waals surface area contributed by atoms with Crippen LogP contribution in [-0.2, 0) is 27.3 Å². The summed E-state index contributed by atoms with van der Waals surface area (Å²) < 4.78 is 4.87. The van der Waals surface area contributed by atoms with Crippen molar-refractivity contribution in [1.29, 1.82) is 0 Å². The highest BCUT2D eigenvalue weighted by Crippen LogP contribution is 2.27. The van der Waals surface area contributed by atoms with Crippen LogP contribution in [-0.4, -0.2) is 46.6 Å². The summed E-state index contributed by atoms with van der Waals surface area (Å²) in [5.41, 5.74) is 3.40. The number of carbonyl (C=O) groups excluding carboxylic acids is 1. The number of carbonyl (C=O) groups is 2. The SMILES string of the molecule is O=C(O)COCC(=O)N1CCc2[nH]c3ccccc3c2C1. The maximum Gasteiger partial charge on any atom is 0.329 e. The zero-order chi connectivity index (χ0) is 14.8. The monoisotopic (exact) mass is 288 g/mol. The van der Waals surface area contributed by atoms with Gasteiger partial charge in [-0.1, -0.05) is 18.2 Å². The molecule has 1 aliphatic heterocycles. The molecule has 2 heterocycles. The summed E-state index contributed by atoms with van der Waals surface area (Å²) in [5.74, 6) is -1.24. The fourth-order valence-electron chi connectivity index (χ4n) is 2.70. The van der Waals surface area contributed by atoms with E-state index >= 15 is 0 Å². The van der Waals surface area contributed by atoms with Crippen molar-refractivity contribution in [3.8, 4) is 0 Å². The minimum Gasteiger partial charge on any atom is -0.480 e. The number of nitrogens with one attached hydrogen (secondary N) is 1. The minimum absolute atomic E-state index is 0.174. The number of hydrogen-bond donors (Lipinski definition) is 2. The maximum absolute atomic E-state index is 12.0. The molecule has 2 aromatic rings. The Labute approximate surface area is 121 Å². The number of fused-ring (bicyclic) bond motifs is 3. The van der Waals surface area contributed by atoms with Gasteiger partial charge < -0.3 is 19.7 Å². The number of carboxylic acid groups (broad SMARTS) is 1. The van der Waals surface area contributed by atoms with Crippen LogP contribution in [0.15, 0.2) is 24.3 Å². The second-order valence-corrected chi connectivity index (χ2v) is 5.08. The molecule has 6 heteroatoms. The first-order valence-electron chi connectivity index (χ1n) is 6.81. The largest absolute Gasteiger partial charge is 0.480 e. The highest BCUT2D eigenvalue weighted by atomic mass is 16.5. The molecule has 110 valence electrons. The first-order valence-corrected chi connectivity index (χ1v) is 6.81. The van der Waals surface area contributed by atoms with Gasteiger partial charge in [0.15, 0.2) is 0 Å². The van der Waals surface area contributed by atoms with Crippen LogP contribution in [0.3, 0.4) is 0 Å². The van der Waals surface area contributed by atoms with E-state index < -0.39 is 12.6 Å². The zero-order valence-electron chi connectivity index (χ0n) is 11.5. The first-order chi connectivity index (χ1) is 10.1. The predicted molar refractivity (Wildman–Crippen MR) is 75.9 cm³/mol. The van der Waals surface area contributed by atoms with Gasteiger partial charge in [0.25, 0.3) is 0 Å². The fourth-order valence-corrected chi connectivity index (χ4v) is 2.70. The summed E-state index contributed by atoms with van der Waals surface area (Å²) in [6.45, 7) is 0.519. The molecule has 0 radical (unpaired) electrons. The molecule has 0 saturated carbocycles. The van der Waals surface area contributed by atoms with Crippen LogP contribution < -0.4 is 0 Å². The highest BCUT2D eigenvalue weighted by Gasteiger charge is 2.23. The third kappa shape index (κ3) is 2.75. The number of rotatable bonds is 4. The van der Waals surface area contributed by atoms with Crippen LogP contribution in [0.1, 0.15) is 11.3 Å². The lowest BCUT2D eigenvalue weighted by atomic mass is 10.0. The van der Waals surface area contributed by atoms with Crippen molar-refractivity contribution in [2.24, 2.45) is 0 Å². The van der Waals surface area contributed by atoms with Crippen LogP contribution >= 0.6 is 0 Å². The molecule has 2 N–H and O–H groups in total. The average molecular weight is 288 g/mol. The van der Waals surface area contributed by atoms with Crippen molar-refractivity contribution in [1.82, 2.24) is 9.88 Å². The number of ether oxygens (including phenoxy) is 1. The Bertz CT molecular complexity index is 692. The van der Waals surface area contributed by atoms with E-state index in [2.05, 4.69) is 4.98 Å². The molecule has 3 rings (SSSR count). The van der Waals surface area contributed by atoms with Crippen molar-refractivity contribution in [2.75, 3.05) is 19.8 Å². The molecule has 1 aliphatic rings. The van der Waals surface area contributed by atoms with Gasteiger partial charge in [0, 0.05) is 41.7 Å². The molecule has 0 bridgehead atoms. The van der Waals surface area contributed by atoms with Gasteiger partial charge in [-0.15, -0.1) is 0 Å². The normalized spacial score (nSPS) is 14.2. The van der Waals surface area contributed by atoms with E-state index in [0.29, 0.717) is 13.1 Å². The molecule has 1 aromatic heterocycles. The second-order valence-electron chi connectivity index (χ2n) is 5.08. The summed E-state index contributed by atoms with van der Waals surface area (Å²) in [6.07, 6.45) is 0.773. The van der Waals surface area contributed by atoms with E-state index in [4.69, 9.17) is 9.84 Å². The molecule has 0 saturated heterocycles. The smallest absolute Gasteiger partial charge is 0.329 e. The van der Waals surface area contributed by atoms with Gasteiger partial charge in [0.1, 0.15) is 13.2 Å². The van der Waals surface area contributed by atoms with Gasteiger partial charge >= 0.3 is 5.97 Å². The number of aromatic nitrogens is 1. The van der Waals surface area contributed by atoms with Gasteiger partial charge in [-0.2, -0.15) is 0 Å². The van der Waals surface area contributed by atoms with Crippen LogP contribution in [0.4, 0.5) is 0 Å². The van der Waals surface area contributed by atoms with Crippen molar-refractivity contribution >= 4 is 22.8 Å². The third-order valence-corrected chi connectivity index (χ3v) is 3.69. The van der Waals surface area contributed by atoms with Crippen molar-refractivity contribution in [2.45, 2.75) is 13.0 Å². The molecular formula is C15H16N2O4. The number of H-pyrrole nitrogens is 1. The van der Waals surface area contributed by atoms with Crippen molar-refractivity contribution < 1.29 is 19.4 Å². The molecule has 0 spiro atoms. The van der Waals surface area contributed by atoms with E-state index in [0.717, 1.165) is 22.9 Å². The van der Waals surface area contributed by atoms with E-state index in [9.17, 15) is 9.59 Å². The predicted octanol–water partition coefficient (Wildman–Crippen LogP) is 1.15. The Hall–Kier alpha value is -2.34. The molecule has 0 aliphatic carbocycles. The maximum atomic E-state index is 12.0. The number of para-hydroxylation sites is 1. The van der Waals surface area contributed by atoms with E-state index in [1.165, 1.54) is 5.69 Å². The Morgan fingerprint density at radius 1 is 1.29 bits per heavy atom. The first kappa shape index (κ1) is 13.6. The van der Waals surface area contributed by atoms with Gasteiger partial charge in [0.05, 0.1) is 0 Å². The molecule has 1 aromatic carbocycles. The number of nitrogens with zero attached hydrogens (tertiary/aromatic N) is 1. The van der Waals surface area contributed by atoms with Gasteiger partial charge in [-0.3, -0.25) is 4.79 Å². The van der Waals surface area contributed by atoms with Crippen LogP contribution in [0, 0.1) is 0 Å². The summed E-state index contributed by atoms with van der Waals surface area (Å²) in [4.78, 5) is 27.5. The molecule has 0 atom stereocenters. The summed E-state index contributed by atoms with van der Waals surface area (Å²) in [6, 6.07) is 8.02. The molecule has 0 fully saturated rings. The lowest BCUT2D eigenvalue weighted by Crippen LogP contribution is -2.38. The lowest BCUT2D eigenvalue weighted by molar-refractivity contribution is -0.146. The van der Waals surface area contributed by atoms with E-state index in [1.807, 2.05) is 24.3 Å². The van der Waals surface area contributed by atoms with E-state index in [-0.39, 0.29) is 12.5 Å². The van der Waals surface area contributed by atoms with Crippen LogP contribution in [0.25, 0.3) is 10.9 Å². The number of benzene rings is 1. The zero-order valence-corrected chi connectivity index (χ0v) is 11.5. The standard InChI is InChI=1S/C15H16N2O4/c18-14(8-21-9-15(19)20)17-6-5-13-11(7-17)10-3-1-2-4-12(10)16-13/h1-4,16H,5-9H2,(H,19,20).